The van der Waals surface area contributed by atoms with Crippen molar-refractivity contribution in [3.63, 3.8) is 0 Å². The van der Waals surface area contributed by atoms with Gasteiger partial charge in [-0.2, -0.15) is 0 Å². The predicted octanol–water partition coefficient (Wildman–Crippen LogP) is 2.64. The van der Waals surface area contributed by atoms with E-state index < -0.39 is 0 Å². The second-order valence-corrected chi connectivity index (χ2v) is 4.64. The molecular weight excluding hydrogens is 224 g/mol. The van der Waals surface area contributed by atoms with Crippen molar-refractivity contribution in [2.75, 3.05) is 6.54 Å². The van der Waals surface area contributed by atoms with E-state index in [1.165, 1.54) is 6.42 Å². The molecule has 0 radical (unpaired) electrons. The van der Waals surface area contributed by atoms with Crippen LogP contribution in [0.1, 0.15) is 26.2 Å². The molecule has 0 aliphatic heterocycles. The fraction of sp³-hybridized carbons (Fsp3) is 0.583. The summed E-state index contributed by atoms with van der Waals surface area (Å²) < 4.78 is 5.75. The molecule has 16 heavy (non-hydrogen) atoms. The molecule has 1 heterocycles. The first kappa shape index (κ1) is 11.7. The van der Waals surface area contributed by atoms with Gasteiger partial charge in [0.15, 0.2) is 0 Å². The topological polar surface area (TPSA) is 34.1 Å². The summed E-state index contributed by atoms with van der Waals surface area (Å²) in [5.74, 6) is 0.770. The SMILES string of the molecule is CCCNC1CC(Oc2cncc(Cl)c2)C1. The van der Waals surface area contributed by atoms with Crippen molar-refractivity contribution in [3.05, 3.63) is 23.5 Å². The molecule has 4 heteroatoms. The Morgan fingerprint density at radius 1 is 1.50 bits per heavy atom. The third-order valence-electron chi connectivity index (χ3n) is 2.76. The lowest BCUT2D eigenvalue weighted by molar-refractivity contribution is 0.0849. The van der Waals surface area contributed by atoms with Crippen LogP contribution in [0.3, 0.4) is 0 Å². The van der Waals surface area contributed by atoms with Crippen LogP contribution in [0.25, 0.3) is 0 Å². The average Bonchev–Trinajstić information content (AvgIpc) is 2.21. The third kappa shape index (κ3) is 3.09. The Kier molecular flexibility index (Phi) is 4.02. The van der Waals surface area contributed by atoms with Crippen LogP contribution in [0.15, 0.2) is 18.5 Å². The van der Waals surface area contributed by atoms with Crippen LogP contribution in [0.2, 0.25) is 5.02 Å². The Morgan fingerprint density at radius 3 is 3.00 bits per heavy atom. The van der Waals surface area contributed by atoms with Crippen LogP contribution in [-0.4, -0.2) is 23.7 Å². The first-order valence-electron chi connectivity index (χ1n) is 5.78. The van der Waals surface area contributed by atoms with Crippen LogP contribution in [0.4, 0.5) is 0 Å². The van der Waals surface area contributed by atoms with Crippen LogP contribution in [0.5, 0.6) is 5.75 Å². The number of ether oxygens (including phenoxy) is 1. The van der Waals surface area contributed by atoms with E-state index in [0.29, 0.717) is 17.2 Å². The van der Waals surface area contributed by atoms with Gasteiger partial charge >= 0.3 is 0 Å². The summed E-state index contributed by atoms with van der Waals surface area (Å²) in [6.07, 6.45) is 6.97. The number of nitrogens with zero attached hydrogens (tertiary/aromatic N) is 1. The van der Waals surface area contributed by atoms with Crippen LogP contribution in [0, 0.1) is 0 Å². The zero-order valence-corrected chi connectivity index (χ0v) is 10.2. The maximum absolute atomic E-state index is 5.83. The van der Waals surface area contributed by atoms with Gasteiger partial charge in [-0.15, -0.1) is 0 Å². The summed E-state index contributed by atoms with van der Waals surface area (Å²) in [5.41, 5.74) is 0. The molecule has 0 aromatic carbocycles. The van der Waals surface area contributed by atoms with E-state index in [9.17, 15) is 0 Å². The van der Waals surface area contributed by atoms with Gasteiger partial charge in [0.05, 0.1) is 11.2 Å². The minimum Gasteiger partial charge on any atom is -0.489 e. The molecule has 0 bridgehead atoms. The van der Waals surface area contributed by atoms with Crippen molar-refractivity contribution in [2.45, 2.75) is 38.3 Å². The highest BCUT2D eigenvalue weighted by Gasteiger charge is 2.30. The lowest BCUT2D eigenvalue weighted by Gasteiger charge is -2.35. The van der Waals surface area contributed by atoms with Gasteiger partial charge in [-0.25, -0.2) is 0 Å². The van der Waals surface area contributed by atoms with Gasteiger partial charge in [-0.3, -0.25) is 4.98 Å². The molecule has 1 aromatic heterocycles. The third-order valence-corrected chi connectivity index (χ3v) is 2.97. The van der Waals surface area contributed by atoms with Gasteiger partial charge in [0.1, 0.15) is 11.9 Å². The smallest absolute Gasteiger partial charge is 0.139 e. The highest BCUT2D eigenvalue weighted by molar-refractivity contribution is 6.30. The van der Waals surface area contributed by atoms with E-state index in [0.717, 1.165) is 25.1 Å². The largest absolute Gasteiger partial charge is 0.489 e. The number of rotatable bonds is 5. The fourth-order valence-electron chi connectivity index (χ4n) is 1.83. The summed E-state index contributed by atoms with van der Waals surface area (Å²) in [5, 5.41) is 4.10. The molecule has 1 N–H and O–H groups in total. The van der Waals surface area contributed by atoms with Gasteiger partial charge in [0.2, 0.25) is 0 Å². The van der Waals surface area contributed by atoms with Gasteiger partial charge in [-0.1, -0.05) is 18.5 Å². The molecule has 0 unspecified atom stereocenters. The monoisotopic (exact) mass is 240 g/mol. The number of nitrogens with one attached hydrogen (secondary N) is 1. The Morgan fingerprint density at radius 2 is 2.31 bits per heavy atom. The zero-order chi connectivity index (χ0) is 11.4. The second-order valence-electron chi connectivity index (χ2n) is 4.20. The highest BCUT2D eigenvalue weighted by Crippen LogP contribution is 2.26. The number of aromatic nitrogens is 1. The molecule has 1 saturated carbocycles. The van der Waals surface area contributed by atoms with Crippen LogP contribution >= 0.6 is 11.6 Å². The van der Waals surface area contributed by atoms with Crippen molar-refractivity contribution in [3.8, 4) is 5.75 Å². The molecule has 2 rings (SSSR count). The van der Waals surface area contributed by atoms with Gasteiger partial charge < -0.3 is 10.1 Å². The summed E-state index contributed by atoms with van der Waals surface area (Å²) in [6, 6.07) is 2.43. The molecule has 0 spiro atoms. The fourth-order valence-corrected chi connectivity index (χ4v) is 1.99. The van der Waals surface area contributed by atoms with E-state index in [-0.39, 0.29) is 0 Å². The van der Waals surface area contributed by atoms with Crippen LogP contribution < -0.4 is 10.1 Å². The lowest BCUT2D eigenvalue weighted by atomic mass is 9.89. The summed E-state index contributed by atoms with van der Waals surface area (Å²) in [6.45, 7) is 3.27. The van der Waals surface area contributed by atoms with E-state index >= 15 is 0 Å². The second kappa shape index (κ2) is 5.51. The number of halogens is 1. The summed E-state index contributed by atoms with van der Waals surface area (Å²) in [7, 11) is 0. The van der Waals surface area contributed by atoms with Gasteiger partial charge in [0, 0.05) is 18.3 Å². The van der Waals surface area contributed by atoms with E-state index in [1.807, 2.05) is 0 Å². The Balaban J connectivity index is 1.73. The number of hydrogen-bond donors (Lipinski definition) is 1. The molecule has 0 amide bonds. The minimum atomic E-state index is 0.314. The van der Waals surface area contributed by atoms with Crippen molar-refractivity contribution < 1.29 is 4.74 Å². The van der Waals surface area contributed by atoms with E-state index in [1.54, 1.807) is 18.5 Å². The van der Waals surface area contributed by atoms with E-state index in [2.05, 4.69) is 17.2 Å². The molecular formula is C12H17ClN2O. The number of pyridine rings is 1. The van der Waals surface area contributed by atoms with Crippen molar-refractivity contribution >= 4 is 11.6 Å². The molecule has 0 atom stereocenters. The zero-order valence-electron chi connectivity index (χ0n) is 9.45. The first-order chi connectivity index (χ1) is 7.78. The number of hydrogen-bond acceptors (Lipinski definition) is 3. The molecule has 0 saturated heterocycles. The average molecular weight is 241 g/mol. The lowest BCUT2D eigenvalue weighted by Crippen LogP contribution is -2.46. The van der Waals surface area contributed by atoms with Crippen molar-refractivity contribution in [1.82, 2.24) is 10.3 Å². The van der Waals surface area contributed by atoms with Crippen molar-refractivity contribution in [2.24, 2.45) is 0 Å². The molecule has 88 valence electrons. The quantitative estimate of drug-likeness (QED) is 0.859. The maximum atomic E-state index is 5.83. The Bertz CT molecular complexity index is 340. The van der Waals surface area contributed by atoms with E-state index in [4.69, 9.17) is 16.3 Å². The Hall–Kier alpha value is -0.800. The molecule has 1 aromatic rings. The maximum Gasteiger partial charge on any atom is 0.139 e. The van der Waals surface area contributed by atoms with Gasteiger partial charge in [0.25, 0.3) is 0 Å². The van der Waals surface area contributed by atoms with Gasteiger partial charge in [-0.05, 0) is 25.8 Å². The molecule has 3 nitrogen and oxygen atoms in total. The first-order valence-corrected chi connectivity index (χ1v) is 6.16. The Labute approximate surface area is 101 Å². The minimum absolute atomic E-state index is 0.314. The molecule has 1 fully saturated rings. The standard InChI is InChI=1S/C12H17ClN2O/c1-2-3-15-10-5-11(6-10)16-12-4-9(13)7-14-8-12/h4,7-8,10-11,15H,2-3,5-6H2,1H3. The summed E-state index contributed by atoms with van der Waals surface area (Å²) >= 11 is 5.83. The van der Waals surface area contributed by atoms with Crippen LogP contribution in [-0.2, 0) is 0 Å². The predicted molar refractivity (Wildman–Crippen MR) is 65.0 cm³/mol. The summed E-state index contributed by atoms with van der Waals surface area (Å²) in [4.78, 5) is 3.99. The molecule has 1 aliphatic carbocycles. The van der Waals surface area contributed by atoms with Crippen molar-refractivity contribution in [1.29, 1.82) is 0 Å². The highest BCUT2D eigenvalue weighted by atomic mass is 35.5. The molecule has 1 aliphatic rings. The normalized spacial score (nSPS) is 23.9.